The van der Waals surface area contributed by atoms with Crippen LogP contribution in [0.25, 0.3) is 0 Å². The van der Waals surface area contributed by atoms with Crippen LogP contribution in [0.15, 0.2) is 24.3 Å². The highest BCUT2D eigenvalue weighted by Gasteiger charge is 2.24. The molecule has 0 unspecified atom stereocenters. The minimum Gasteiger partial charge on any atom is -0.481 e. The van der Waals surface area contributed by atoms with Gasteiger partial charge < -0.3 is 25.6 Å². The normalized spacial score (nSPS) is 13.3. The second-order valence-electron chi connectivity index (χ2n) is 8.69. The number of hydrogen-bond donors (Lipinski definition) is 3. The summed E-state index contributed by atoms with van der Waals surface area (Å²) in [6.45, 7) is 7.50. The fourth-order valence-electron chi connectivity index (χ4n) is 3.01. The highest BCUT2D eigenvalue weighted by Crippen LogP contribution is 2.15. The maximum Gasteiger partial charge on any atom is 0.407 e. The molecule has 0 fully saturated rings. The molecule has 0 aliphatic heterocycles. The number of amides is 2. The molecule has 0 aliphatic carbocycles. The number of ether oxygens (including phenoxy) is 2. The summed E-state index contributed by atoms with van der Waals surface area (Å²) in [5.41, 5.74) is 6.74. The van der Waals surface area contributed by atoms with Crippen molar-refractivity contribution in [3.05, 3.63) is 35.4 Å². The van der Waals surface area contributed by atoms with Gasteiger partial charge in [-0.2, -0.15) is 0 Å². The highest BCUT2D eigenvalue weighted by atomic mass is 16.6. The molecule has 31 heavy (non-hydrogen) atoms. The third-order valence-electron chi connectivity index (χ3n) is 4.58. The van der Waals surface area contributed by atoms with Crippen molar-refractivity contribution < 1.29 is 29.0 Å². The molecule has 0 spiro atoms. The van der Waals surface area contributed by atoms with Crippen molar-refractivity contribution in [2.75, 3.05) is 0 Å². The first kappa shape index (κ1) is 26.4. The Hall–Kier alpha value is -2.61. The molecule has 8 heteroatoms. The van der Waals surface area contributed by atoms with Crippen molar-refractivity contribution in [2.24, 2.45) is 5.73 Å². The van der Waals surface area contributed by atoms with Crippen molar-refractivity contribution in [2.45, 2.75) is 90.6 Å². The van der Waals surface area contributed by atoms with Crippen molar-refractivity contribution in [3.8, 4) is 0 Å². The maximum absolute atomic E-state index is 12.2. The summed E-state index contributed by atoms with van der Waals surface area (Å²) in [6.07, 6.45) is 1.97. The lowest BCUT2D eigenvalue weighted by Gasteiger charge is -2.27. The lowest BCUT2D eigenvalue weighted by atomic mass is 10.0. The minimum absolute atomic E-state index is 0.125. The third-order valence-corrected chi connectivity index (χ3v) is 4.58. The second-order valence-corrected chi connectivity index (χ2v) is 8.69. The van der Waals surface area contributed by atoms with Gasteiger partial charge in [0.2, 0.25) is 5.91 Å². The smallest absolute Gasteiger partial charge is 0.407 e. The molecule has 4 N–H and O–H groups in total. The molecular weight excluding hydrogens is 400 g/mol. The van der Waals surface area contributed by atoms with Crippen LogP contribution in [0.5, 0.6) is 0 Å². The number of benzene rings is 1. The second kappa shape index (κ2) is 12.9. The van der Waals surface area contributed by atoms with Crippen molar-refractivity contribution in [1.29, 1.82) is 0 Å². The number of hydrogen-bond acceptors (Lipinski definition) is 5. The van der Waals surface area contributed by atoms with E-state index in [-0.39, 0.29) is 18.9 Å². The van der Waals surface area contributed by atoms with Gasteiger partial charge in [0.05, 0.1) is 18.8 Å². The van der Waals surface area contributed by atoms with Crippen molar-refractivity contribution in [3.63, 3.8) is 0 Å². The van der Waals surface area contributed by atoms with Crippen LogP contribution >= 0.6 is 0 Å². The van der Waals surface area contributed by atoms with E-state index in [0.717, 1.165) is 24.0 Å². The zero-order valence-corrected chi connectivity index (χ0v) is 19.0. The Morgan fingerprint density at radius 2 is 1.81 bits per heavy atom. The molecule has 0 aromatic heterocycles. The van der Waals surface area contributed by atoms with E-state index < -0.39 is 29.6 Å². The molecule has 1 aromatic rings. The van der Waals surface area contributed by atoms with Gasteiger partial charge in [-0.05, 0) is 64.5 Å². The molecule has 2 atom stereocenters. The van der Waals surface area contributed by atoms with E-state index in [9.17, 15) is 14.4 Å². The number of rotatable bonds is 13. The third kappa shape index (κ3) is 12.6. The molecule has 0 bridgehead atoms. The van der Waals surface area contributed by atoms with E-state index in [2.05, 4.69) is 5.32 Å². The zero-order chi connectivity index (χ0) is 23.4. The summed E-state index contributed by atoms with van der Waals surface area (Å²) < 4.78 is 11.3. The quantitative estimate of drug-likeness (QED) is 0.406. The average Bonchev–Trinajstić information content (AvgIpc) is 2.65. The van der Waals surface area contributed by atoms with Gasteiger partial charge in [0.25, 0.3) is 0 Å². The largest absolute Gasteiger partial charge is 0.481 e. The van der Waals surface area contributed by atoms with Crippen LogP contribution in [0.4, 0.5) is 4.79 Å². The lowest BCUT2D eigenvalue weighted by molar-refractivity contribution is -0.137. The number of carboxylic acids is 1. The number of nitrogens with one attached hydrogen (secondary N) is 1. The number of carbonyl (C=O) groups excluding carboxylic acids is 2. The highest BCUT2D eigenvalue weighted by molar-refractivity contribution is 5.74. The van der Waals surface area contributed by atoms with Crippen LogP contribution in [0.2, 0.25) is 0 Å². The summed E-state index contributed by atoms with van der Waals surface area (Å²) in [6, 6.07) is 7.51. The van der Waals surface area contributed by atoms with E-state index in [1.807, 2.05) is 31.2 Å². The molecule has 2 amide bonds. The molecule has 0 radical (unpaired) electrons. The first-order valence-corrected chi connectivity index (χ1v) is 10.7. The monoisotopic (exact) mass is 436 g/mol. The first-order chi connectivity index (χ1) is 14.5. The van der Waals surface area contributed by atoms with E-state index >= 15 is 0 Å². The van der Waals surface area contributed by atoms with Crippen LogP contribution < -0.4 is 11.1 Å². The molecular formula is C23H36N2O6. The summed E-state index contributed by atoms with van der Waals surface area (Å²) in [4.78, 5) is 34.0. The minimum atomic E-state index is -0.776. The van der Waals surface area contributed by atoms with Gasteiger partial charge in [-0.1, -0.05) is 24.3 Å². The summed E-state index contributed by atoms with van der Waals surface area (Å²) in [7, 11) is 0. The molecule has 0 saturated carbocycles. The van der Waals surface area contributed by atoms with Crippen molar-refractivity contribution >= 4 is 18.0 Å². The van der Waals surface area contributed by atoms with Gasteiger partial charge in [-0.3, -0.25) is 9.59 Å². The van der Waals surface area contributed by atoms with Crippen LogP contribution in [-0.2, 0) is 32.1 Å². The standard InChI is InChI=1S/C23H36N2O6/c1-16(19(12-13-20(24)26)25-22(29)31-23(2,3)4)30-15-18-10-7-9-17(14-18)8-5-6-11-21(27)28/h7,9-10,14,16,19H,5-6,8,11-13,15H2,1-4H3,(H2,24,26)(H,25,29)(H,27,28)/t16-,19+/m1/s1. The van der Waals surface area contributed by atoms with Crippen molar-refractivity contribution in [1.82, 2.24) is 5.32 Å². The number of carboxylic acid groups (broad SMARTS) is 1. The Bertz CT molecular complexity index is 729. The Morgan fingerprint density at radius 1 is 1.13 bits per heavy atom. The topological polar surface area (TPSA) is 128 Å². The van der Waals surface area contributed by atoms with Gasteiger partial charge in [-0.15, -0.1) is 0 Å². The first-order valence-electron chi connectivity index (χ1n) is 10.7. The maximum atomic E-state index is 12.2. The number of primary amides is 1. The summed E-state index contributed by atoms with van der Waals surface area (Å²) >= 11 is 0. The van der Waals surface area contributed by atoms with E-state index in [0.29, 0.717) is 19.4 Å². The molecule has 1 rings (SSSR count). The SMILES string of the molecule is C[C@@H](OCc1cccc(CCCCC(=O)O)c1)[C@H](CCC(N)=O)NC(=O)OC(C)(C)C. The van der Waals surface area contributed by atoms with Crippen LogP contribution in [0, 0.1) is 0 Å². The molecule has 0 aliphatic rings. The van der Waals surface area contributed by atoms with Crippen LogP contribution in [0.1, 0.15) is 70.9 Å². The van der Waals surface area contributed by atoms with Crippen LogP contribution in [-0.4, -0.2) is 40.8 Å². The number of carbonyl (C=O) groups is 3. The van der Waals surface area contributed by atoms with E-state index in [1.165, 1.54) is 0 Å². The fourth-order valence-corrected chi connectivity index (χ4v) is 3.01. The number of aryl methyl sites for hydroxylation is 1. The molecule has 1 aromatic carbocycles. The van der Waals surface area contributed by atoms with Gasteiger partial charge in [0, 0.05) is 12.8 Å². The van der Waals surface area contributed by atoms with Gasteiger partial charge in [0.1, 0.15) is 5.60 Å². The Labute approximate surface area is 184 Å². The number of aliphatic carboxylic acids is 1. The van der Waals surface area contributed by atoms with Gasteiger partial charge in [-0.25, -0.2) is 4.79 Å². The Morgan fingerprint density at radius 3 is 2.42 bits per heavy atom. The fraction of sp³-hybridized carbons (Fsp3) is 0.609. The Balaban J connectivity index is 2.63. The molecule has 174 valence electrons. The predicted molar refractivity (Wildman–Crippen MR) is 117 cm³/mol. The zero-order valence-electron chi connectivity index (χ0n) is 19.0. The lowest BCUT2D eigenvalue weighted by Crippen LogP contribution is -2.45. The predicted octanol–water partition coefficient (Wildman–Crippen LogP) is 3.55. The number of unbranched alkanes of at least 4 members (excludes halogenated alkanes) is 1. The van der Waals surface area contributed by atoms with Gasteiger partial charge in [0.15, 0.2) is 0 Å². The average molecular weight is 437 g/mol. The Kier molecular flexibility index (Phi) is 11.0. The van der Waals surface area contributed by atoms with E-state index in [1.54, 1.807) is 20.8 Å². The van der Waals surface area contributed by atoms with Gasteiger partial charge >= 0.3 is 12.1 Å². The van der Waals surface area contributed by atoms with E-state index in [4.69, 9.17) is 20.3 Å². The molecule has 8 nitrogen and oxygen atoms in total. The van der Waals surface area contributed by atoms with Crippen LogP contribution in [0.3, 0.4) is 0 Å². The molecule has 0 saturated heterocycles. The molecule has 0 heterocycles. The summed E-state index contributed by atoms with van der Waals surface area (Å²) in [5.74, 6) is -1.22. The summed E-state index contributed by atoms with van der Waals surface area (Å²) in [5, 5.41) is 11.5. The number of alkyl carbamates (subject to hydrolysis) is 1. The number of nitrogens with two attached hydrogens (primary N) is 1.